The lowest BCUT2D eigenvalue weighted by Crippen LogP contribution is -2.14. The van der Waals surface area contributed by atoms with Crippen LogP contribution in [0.4, 0.5) is 0 Å². The van der Waals surface area contributed by atoms with Crippen molar-refractivity contribution >= 4 is 23.2 Å². The molecule has 1 aromatic carbocycles. The molecule has 0 aliphatic heterocycles. The average Bonchev–Trinajstić information content (AvgIpc) is 2.77. The largest absolute Gasteiger partial charge is 0.311 e. The highest BCUT2D eigenvalue weighted by Crippen LogP contribution is 2.21. The number of aromatic nitrogens is 2. The standard InChI is InChI=1S/C13H15Cl2N3/c1-2-4-16-9-12-3-5-18(17-12)13-7-10(14)6-11(15)8-13/h3,5-8,16H,2,4,9H2,1H3. The Bertz CT molecular complexity index is 502. The molecular weight excluding hydrogens is 269 g/mol. The van der Waals surface area contributed by atoms with Crippen LogP contribution in [0.3, 0.4) is 0 Å². The van der Waals surface area contributed by atoms with E-state index in [2.05, 4.69) is 17.3 Å². The van der Waals surface area contributed by atoms with Gasteiger partial charge in [-0.25, -0.2) is 4.68 Å². The summed E-state index contributed by atoms with van der Waals surface area (Å²) in [6.07, 6.45) is 3.02. The first-order valence-electron chi connectivity index (χ1n) is 5.91. The minimum absolute atomic E-state index is 0.610. The number of nitrogens with zero attached hydrogens (tertiary/aromatic N) is 2. The molecule has 96 valence electrons. The zero-order chi connectivity index (χ0) is 13.0. The SMILES string of the molecule is CCCNCc1ccn(-c2cc(Cl)cc(Cl)c2)n1. The summed E-state index contributed by atoms with van der Waals surface area (Å²) in [6, 6.07) is 7.37. The normalized spacial score (nSPS) is 10.8. The number of rotatable bonds is 5. The summed E-state index contributed by atoms with van der Waals surface area (Å²) >= 11 is 11.9. The molecule has 1 aromatic heterocycles. The molecule has 1 N–H and O–H groups in total. The Morgan fingerprint density at radius 2 is 1.94 bits per heavy atom. The van der Waals surface area contributed by atoms with Gasteiger partial charge in [-0.2, -0.15) is 5.10 Å². The highest BCUT2D eigenvalue weighted by Gasteiger charge is 2.03. The average molecular weight is 284 g/mol. The molecule has 0 saturated heterocycles. The van der Waals surface area contributed by atoms with Crippen LogP contribution in [-0.2, 0) is 6.54 Å². The van der Waals surface area contributed by atoms with Gasteiger partial charge in [0.1, 0.15) is 0 Å². The van der Waals surface area contributed by atoms with Crippen molar-refractivity contribution < 1.29 is 0 Å². The van der Waals surface area contributed by atoms with Crippen molar-refractivity contribution in [2.24, 2.45) is 0 Å². The van der Waals surface area contributed by atoms with Gasteiger partial charge in [0, 0.05) is 22.8 Å². The van der Waals surface area contributed by atoms with Gasteiger partial charge in [0.05, 0.1) is 11.4 Å². The molecule has 0 atom stereocenters. The second kappa shape index (κ2) is 6.23. The van der Waals surface area contributed by atoms with Crippen LogP contribution in [0.2, 0.25) is 10.0 Å². The van der Waals surface area contributed by atoms with Gasteiger partial charge in [0.15, 0.2) is 0 Å². The smallest absolute Gasteiger partial charge is 0.0766 e. The summed E-state index contributed by atoms with van der Waals surface area (Å²) in [5.74, 6) is 0. The molecule has 0 fully saturated rings. The molecule has 0 bridgehead atoms. The summed E-state index contributed by atoms with van der Waals surface area (Å²) < 4.78 is 1.78. The van der Waals surface area contributed by atoms with Gasteiger partial charge in [0.2, 0.25) is 0 Å². The molecule has 3 nitrogen and oxygen atoms in total. The minimum Gasteiger partial charge on any atom is -0.311 e. The second-order valence-electron chi connectivity index (χ2n) is 4.06. The summed E-state index contributed by atoms with van der Waals surface area (Å²) in [5, 5.41) is 9.00. The quantitative estimate of drug-likeness (QED) is 0.849. The fraction of sp³-hybridized carbons (Fsp3) is 0.308. The molecule has 5 heteroatoms. The molecule has 0 radical (unpaired) electrons. The van der Waals surface area contributed by atoms with E-state index in [0.717, 1.165) is 30.9 Å². The molecule has 2 rings (SSSR count). The third-order valence-corrected chi connectivity index (χ3v) is 2.93. The van der Waals surface area contributed by atoms with Crippen LogP contribution >= 0.6 is 23.2 Å². The Morgan fingerprint density at radius 1 is 1.22 bits per heavy atom. The van der Waals surface area contributed by atoms with Crippen molar-refractivity contribution in [3.63, 3.8) is 0 Å². The van der Waals surface area contributed by atoms with Crippen molar-refractivity contribution in [3.8, 4) is 5.69 Å². The van der Waals surface area contributed by atoms with Crippen LogP contribution in [0.25, 0.3) is 5.69 Å². The van der Waals surface area contributed by atoms with Gasteiger partial charge in [-0.05, 0) is 37.2 Å². The Labute approximate surface area is 117 Å². The van der Waals surface area contributed by atoms with Crippen LogP contribution in [0.1, 0.15) is 19.0 Å². The van der Waals surface area contributed by atoms with Gasteiger partial charge in [0.25, 0.3) is 0 Å². The zero-order valence-electron chi connectivity index (χ0n) is 10.2. The van der Waals surface area contributed by atoms with E-state index in [1.54, 1.807) is 10.7 Å². The Balaban J connectivity index is 2.13. The van der Waals surface area contributed by atoms with Crippen LogP contribution < -0.4 is 5.32 Å². The molecular formula is C13H15Cl2N3. The highest BCUT2D eigenvalue weighted by atomic mass is 35.5. The number of halogens is 2. The van der Waals surface area contributed by atoms with Gasteiger partial charge in [-0.3, -0.25) is 0 Å². The summed E-state index contributed by atoms with van der Waals surface area (Å²) in [6.45, 7) is 3.91. The first-order valence-corrected chi connectivity index (χ1v) is 6.66. The maximum absolute atomic E-state index is 5.97. The number of nitrogens with one attached hydrogen (secondary N) is 1. The van der Waals surface area contributed by atoms with E-state index in [1.807, 2.05) is 24.4 Å². The molecule has 18 heavy (non-hydrogen) atoms. The van der Waals surface area contributed by atoms with Crippen molar-refractivity contribution in [3.05, 3.63) is 46.2 Å². The van der Waals surface area contributed by atoms with E-state index in [4.69, 9.17) is 23.2 Å². The van der Waals surface area contributed by atoms with Crippen LogP contribution in [0.5, 0.6) is 0 Å². The topological polar surface area (TPSA) is 29.9 Å². The molecule has 0 aliphatic rings. The van der Waals surface area contributed by atoms with E-state index in [9.17, 15) is 0 Å². The summed E-state index contributed by atoms with van der Waals surface area (Å²) in [4.78, 5) is 0. The van der Waals surface area contributed by atoms with Gasteiger partial charge < -0.3 is 5.32 Å². The Morgan fingerprint density at radius 3 is 2.61 bits per heavy atom. The monoisotopic (exact) mass is 283 g/mol. The number of benzene rings is 1. The minimum atomic E-state index is 0.610. The van der Waals surface area contributed by atoms with Crippen LogP contribution in [0.15, 0.2) is 30.5 Å². The van der Waals surface area contributed by atoms with E-state index in [0.29, 0.717) is 10.0 Å². The van der Waals surface area contributed by atoms with E-state index in [1.165, 1.54) is 0 Å². The molecule has 1 heterocycles. The first-order chi connectivity index (χ1) is 8.69. The summed E-state index contributed by atoms with van der Waals surface area (Å²) in [7, 11) is 0. The predicted molar refractivity (Wildman–Crippen MR) is 75.6 cm³/mol. The van der Waals surface area contributed by atoms with Crippen LogP contribution in [-0.4, -0.2) is 16.3 Å². The fourth-order valence-corrected chi connectivity index (χ4v) is 2.18. The number of hydrogen-bond donors (Lipinski definition) is 1. The third-order valence-electron chi connectivity index (χ3n) is 2.49. The molecule has 2 aromatic rings. The molecule has 0 unspecified atom stereocenters. The van der Waals surface area contributed by atoms with Crippen LogP contribution in [0, 0.1) is 0 Å². The molecule has 0 spiro atoms. The molecule has 0 aliphatic carbocycles. The van der Waals surface area contributed by atoms with Gasteiger partial charge >= 0.3 is 0 Å². The van der Waals surface area contributed by atoms with Crippen molar-refractivity contribution in [1.82, 2.24) is 15.1 Å². The first kappa shape index (κ1) is 13.4. The predicted octanol–water partition coefficient (Wildman–Crippen LogP) is 3.68. The lowest BCUT2D eigenvalue weighted by molar-refractivity contribution is 0.656. The van der Waals surface area contributed by atoms with Crippen molar-refractivity contribution in [1.29, 1.82) is 0 Å². The highest BCUT2D eigenvalue weighted by molar-refractivity contribution is 6.34. The van der Waals surface area contributed by atoms with E-state index >= 15 is 0 Å². The summed E-state index contributed by atoms with van der Waals surface area (Å²) in [5.41, 5.74) is 1.87. The second-order valence-corrected chi connectivity index (χ2v) is 4.93. The number of hydrogen-bond acceptors (Lipinski definition) is 2. The Hall–Kier alpha value is -1.03. The molecule has 0 amide bonds. The van der Waals surface area contributed by atoms with Gasteiger partial charge in [-0.15, -0.1) is 0 Å². The lowest BCUT2D eigenvalue weighted by Gasteiger charge is -2.03. The maximum Gasteiger partial charge on any atom is 0.0766 e. The maximum atomic E-state index is 5.97. The van der Waals surface area contributed by atoms with Crippen molar-refractivity contribution in [2.75, 3.05) is 6.54 Å². The third kappa shape index (κ3) is 3.48. The van der Waals surface area contributed by atoms with Gasteiger partial charge in [-0.1, -0.05) is 30.1 Å². The fourth-order valence-electron chi connectivity index (χ4n) is 1.66. The van der Waals surface area contributed by atoms with Crippen molar-refractivity contribution in [2.45, 2.75) is 19.9 Å². The van der Waals surface area contributed by atoms with E-state index < -0.39 is 0 Å². The van der Waals surface area contributed by atoms with E-state index in [-0.39, 0.29) is 0 Å². The molecule has 0 saturated carbocycles. The lowest BCUT2D eigenvalue weighted by atomic mass is 10.3. The zero-order valence-corrected chi connectivity index (χ0v) is 11.7. The Kier molecular flexibility index (Phi) is 4.64.